The van der Waals surface area contributed by atoms with Crippen molar-refractivity contribution in [3.8, 4) is 5.75 Å². The van der Waals surface area contributed by atoms with E-state index < -0.39 is 6.10 Å². The first kappa shape index (κ1) is 19.6. The molecule has 1 aliphatic rings. The number of Topliss-reactive ketones (excluding diaryl/α,β-unsaturated/α-hetero) is 1. The van der Waals surface area contributed by atoms with Crippen molar-refractivity contribution in [2.45, 2.75) is 38.7 Å². The van der Waals surface area contributed by atoms with Crippen molar-refractivity contribution in [3.63, 3.8) is 0 Å². The number of carbonyl (C=O) groups is 2. The van der Waals surface area contributed by atoms with Crippen LogP contribution in [0.5, 0.6) is 5.75 Å². The number of likely N-dealkylation sites (tertiary alicyclic amines) is 1. The van der Waals surface area contributed by atoms with Gasteiger partial charge < -0.3 is 9.64 Å². The highest BCUT2D eigenvalue weighted by molar-refractivity contribution is 7.18. The second-order valence-corrected chi connectivity index (χ2v) is 8.55. The molecule has 0 spiro atoms. The number of hydrogen-bond donors (Lipinski definition) is 0. The molecular formula is C23H24N2O3S. The van der Waals surface area contributed by atoms with Crippen molar-refractivity contribution in [1.82, 2.24) is 9.88 Å². The monoisotopic (exact) mass is 408 g/mol. The molecule has 1 fully saturated rings. The summed E-state index contributed by atoms with van der Waals surface area (Å²) in [5.41, 5.74) is 1.66. The number of rotatable bonds is 5. The number of piperidine rings is 1. The summed E-state index contributed by atoms with van der Waals surface area (Å²) < 4.78 is 7.03. The van der Waals surface area contributed by atoms with Crippen LogP contribution in [-0.2, 0) is 4.79 Å². The van der Waals surface area contributed by atoms with Crippen LogP contribution >= 0.6 is 11.3 Å². The van der Waals surface area contributed by atoms with Crippen LogP contribution in [0, 0.1) is 0 Å². The van der Waals surface area contributed by atoms with Gasteiger partial charge in [0.15, 0.2) is 11.9 Å². The van der Waals surface area contributed by atoms with Crippen LogP contribution in [-0.4, -0.2) is 40.8 Å². The Balaban J connectivity index is 1.41. The Morgan fingerprint density at radius 2 is 1.93 bits per heavy atom. The fourth-order valence-electron chi connectivity index (χ4n) is 3.72. The van der Waals surface area contributed by atoms with Crippen molar-refractivity contribution >= 4 is 33.2 Å². The van der Waals surface area contributed by atoms with E-state index >= 15 is 0 Å². The smallest absolute Gasteiger partial charge is 0.263 e. The molecule has 0 bridgehead atoms. The minimum Gasteiger partial charge on any atom is -0.481 e. The lowest BCUT2D eigenvalue weighted by Gasteiger charge is -2.33. The van der Waals surface area contributed by atoms with Crippen LogP contribution in [0.2, 0.25) is 0 Å². The van der Waals surface area contributed by atoms with Crippen LogP contribution < -0.4 is 4.74 Å². The lowest BCUT2D eigenvalue weighted by atomic mass is 9.98. The molecule has 6 heteroatoms. The van der Waals surface area contributed by atoms with Gasteiger partial charge >= 0.3 is 0 Å². The number of nitrogens with zero attached hydrogens (tertiary/aromatic N) is 2. The molecule has 1 aromatic heterocycles. The summed E-state index contributed by atoms with van der Waals surface area (Å²) in [6.45, 7) is 4.73. The number of ether oxygens (including phenoxy) is 1. The van der Waals surface area contributed by atoms with Gasteiger partial charge in [-0.3, -0.25) is 9.59 Å². The van der Waals surface area contributed by atoms with Gasteiger partial charge in [-0.1, -0.05) is 12.1 Å². The average molecular weight is 409 g/mol. The highest BCUT2D eigenvalue weighted by Gasteiger charge is 2.30. The molecule has 0 N–H and O–H groups in total. The maximum Gasteiger partial charge on any atom is 0.263 e. The third-order valence-corrected chi connectivity index (χ3v) is 6.51. The molecule has 0 radical (unpaired) electrons. The summed E-state index contributed by atoms with van der Waals surface area (Å²) in [5.74, 6) is 0.865. The number of ketones is 1. The number of thiazole rings is 1. The van der Waals surface area contributed by atoms with E-state index in [-0.39, 0.29) is 17.6 Å². The molecule has 1 aliphatic heterocycles. The zero-order chi connectivity index (χ0) is 20.4. The summed E-state index contributed by atoms with van der Waals surface area (Å²) in [7, 11) is 0. The largest absolute Gasteiger partial charge is 0.481 e. The Morgan fingerprint density at radius 3 is 2.66 bits per heavy atom. The Morgan fingerprint density at radius 1 is 1.17 bits per heavy atom. The summed E-state index contributed by atoms with van der Waals surface area (Å²) in [5, 5.41) is 1.11. The Kier molecular flexibility index (Phi) is 5.62. The fraction of sp³-hybridized carbons (Fsp3) is 0.348. The number of amides is 1. The maximum absolute atomic E-state index is 13.0. The highest BCUT2D eigenvalue weighted by atomic mass is 32.1. The molecule has 2 heterocycles. The van der Waals surface area contributed by atoms with Crippen LogP contribution in [0.25, 0.3) is 10.2 Å². The first-order valence-electron chi connectivity index (χ1n) is 9.93. The van der Waals surface area contributed by atoms with Gasteiger partial charge in [-0.05, 0) is 63.1 Å². The van der Waals surface area contributed by atoms with Crippen LogP contribution in [0.4, 0.5) is 0 Å². The van der Waals surface area contributed by atoms with Gasteiger partial charge in [0.2, 0.25) is 0 Å². The number of fused-ring (bicyclic) bond motifs is 1. The minimum absolute atomic E-state index is 0.00791. The van der Waals surface area contributed by atoms with Gasteiger partial charge in [0, 0.05) is 24.6 Å². The van der Waals surface area contributed by atoms with Crippen LogP contribution in [0.3, 0.4) is 0 Å². The molecule has 1 amide bonds. The molecule has 3 aromatic rings. The predicted molar refractivity (Wildman–Crippen MR) is 115 cm³/mol. The quantitative estimate of drug-likeness (QED) is 0.576. The van der Waals surface area contributed by atoms with Crippen molar-refractivity contribution < 1.29 is 14.3 Å². The van der Waals surface area contributed by atoms with E-state index in [1.54, 1.807) is 42.5 Å². The zero-order valence-corrected chi connectivity index (χ0v) is 17.4. The van der Waals surface area contributed by atoms with Crippen molar-refractivity contribution in [3.05, 3.63) is 59.1 Å². The molecule has 150 valence electrons. The Bertz CT molecular complexity index is 995. The van der Waals surface area contributed by atoms with Crippen molar-refractivity contribution in [1.29, 1.82) is 0 Å². The molecule has 0 aliphatic carbocycles. The van der Waals surface area contributed by atoms with Crippen molar-refractivity contribution in [2.75, 3.05) is 13.1 Å². The standard InChI is InChI=1S/C23H24N2O3S/c1-15(26)17-9-11-19(12-10-17)28-16(2)23(27)25-13-5-6-18(14-25)22-24-20-7-3-4-8-21(20)29-22/h3-4,7-12,16,18H,5-6,13-14H2,1-2H3. The SMILES string of the molecule is CC(=O)c1ccc(OC(C)C(=O)N2CCCC(c3nc4ccccc4s3)C2)cc1. The van der Waals surface area contributed by atoms with E-state index in [0.717, 1.165) is 29.9 Å². The van der Waals surface area contributed by atoms with E-state index in [1.807, 2.05) is 23.1 Å². The number of para-hydroxylation sites is 1. The fourth-order valence-corrected chi connectivity index (χ4v) is 4.82. The number of hydrogen-bond acceptors (Lipinski definition) is 5. The van der Waals surface area contributed by atoms with Gasteiger partial charge in [0.05, 0.1) is 15.2 Å². The third kappa shape index (κ3) is 4.32. The minimum atomic E-state index is -0.577. The highest BCUT2D eigenvalue weighted by Crippen LogP contribution is 2.33. The molecule has 1 saturated heterocycles. The van der Waals surface area contributed by atoms with Crippen LogP contribution in [0.15, 0.2) is 48.5 Å². The molecular weight excluding hydrogens is 384 g/mol. The average Bonchev–Trinajstić information content (AvgIpc) is 3.18. The van der Waals surface area contributed by atoms with Gasteiger partial charge in [-0.15, -0.1) is 11.3 Å². The Hall–Kier alpha value is -2.73. The first-order chi connectivity index (χ1) is 14.0. The molecule has 29 heavy (non-hydrogen) atoms. The second kappa shape index (κ2) is 8.33. The van der Waals surface area contributed by atoms with E-state index in [9.17, 15) is 9.59 Å². The summed E-state index contributed by atoms with van der Waals surface area (Å²) in [6.07, 6.45) is 1.44. The summed E-state index contributed by atoms with van der Waals surface area (Å²) in [6, 6.07) is 15.1. The lowest BCUT2D eigenvalue weighted by molar-refractivity contribution is -0.139. The predicted octanol–water partition coefficient (Wildman–Crippen LogP) is 4.67. The van der Waals surface area contributed by atoms with Gasteiger partial charge in [-0.2, -0.15) is 0 Å². The number of aromatic nitrogens is 1. The first-order valence-corrected chi connectivity index (χ1v) is 10.7. The third-order valence-electron chi connectivity index (χ3n) is 5.31. The molecule has 0 saturated carbocycles. The van der Waals surface area contributed by atoms with Gasteiger partial charge in [0.25, 0.3) is 5.91 Å². The normalized spacial score (nSPS) is 17.9. The zero-order valence-electron chi connectivity index (χ0n) is 16.6. The molecule has 2 atom stereocenters. The summed E-state index contributed by atoms with van der Waals surface area (Å²) >= 11 is 1.72. The van der Waals surface area contributed by atoms with Crippen molar-refractivity contribution in [2.24, 2.45) is 0 Å². The molecule has 2 aromatic carbocycles. The number of benzene rings is 2. The van der Waals surface area contributed by atoms with E-state index in [2.05, 4.69) is 6.07 Å². The topological polar surface area (TPSA) is 59.5 Å². The lowest BCUT2D eigenvalue weighted by Crippen LogP contribution is -2.45. The molecule has 2 unspecified atom stereocenters. The molecule has 5 nitrogen and oxygen atoms in total. The Labute approximate surface area is 174 Å². The van der Waals surface area contributed by atoms with E-state index in [0.29, 0.717) is 17.9 Å². The van der Waals surface area contributed by atoms with E-state index in [4.69, 9.17) is 9.72 Å². The van der Waals surface area contributed by atoms with Crippen LogP contribution in [0.1, 0.15) is 48.0 Å². The summed E-state index contributed by atoms with van der Waals surface area (Å²) in [4.78, 5) is 31.0. The second-order valence-electron chi connectivity index (χ2n) is 7.48. The van der Waals surface area contributed by atoms with Gasteiger partial charge in [-0.25, -0.2) is 4.98 Å². The molecule has 4 rings (SSSR count). The number of carbonyl (C=O) groups excluding carboxylic acids is 2. The van der Waals surface area contributed by atoms with E-state index in [1.165, 1.54) is 11.6 Å². The van der Waals surface area contributed by atoms with Gasteiger partial charge in [0.1, 0.15) is 5.75 Å². The maximum atomic E-state index is 13.0.